The number of halogens is 4. The third-order valence-corrected chi connectivity index (χ3v) is 7.11. The molecule has 4 rings (SSSR count). The van der Waals surface area contributed by atoms with Gasteiger partial charge in [-0.15, -0.1) is 0 Å². The van der Waals surface area contributed by atoms with Crippen molar-refractivity contribution in [2.45, 2.75) is 44.6 Å². The zero-order valence-electron chi connectivity index (χ0n) is 22.0. The number of hydrogen-bond acceptors (Lipinski definition) is 6. The van der Waals surface area contributed by atoms with E-state index in [1.165, 1.54) is 0 Å². The summed E-state index contributed by atoms with van der Waals surface area (Å²) in [7, 11) is 0. The van der Waals surface area contributed by atoms with Crippen molar-refractivity contribution >= 4 is 17.6 Å². The van der Waals surface area contributed by atoms with E-state index in [-0.39, 0.29) is 18.3 Å². The molecule has 41 heavy (non-hydrogen) atoms. The SMILES string of the molecule is Nc1c(C(=O)c2ccc(F)cc2F)ccc(=O)n1-c1c(F)cc(OCCCN[C@H](C(=O)O)C2CCCCC2)cc1F. The highest BCUT2D eigenvalue weighted by molar-refractivity contribution is 6.11. The van der Waals surface area contributed by atoms with Crippen LogP contribution in [0, 0.1) is 29.2 Å². The molecule has 3 aromatic rings. The molecule has 0 saturated heterocycles. The van der Waals surface area contributed by atoms with Gasteiger partial charge in [-0.25, -0.2) is 17.6 Å². The van der Waals surface area contributed by atoms with Gasteiger partial charge in [0.1, 0.15) is 34.9 Å². The monoisotopic (exact) mass is 575 g/mol. The number of aliphatic carboxylic acids is 1. The summed E-state index contributed by atoms with van der Waals surface area (Å²) in [4.78, 5) is 37.1. The van der Waals surface area contributed by atoms with E-state index in [4.69, 9.17) is 10.5 Å². The molecule has 1 aliphatic rings. The minimum absolute atomic E-state index is 0.0253. The number of anilines is 1. The van der Waals surface area contributed by atoms with Gasteiger partial charge in [0, 0.05) is 24.3 Å². The van der Waals surface area contributed by atoms with E-state index < -0.39 is 69.3 Å². The first-order valence-corrected chi connectivity index (χ1v) is 13.2. The number of ether oxygens (including phenoxy) is 1. The molecular weight excluding hydrogens is 546 g/mol. The molecule has 1 saturated carbocycles. The molecule has 0 aliphatic heterocycles. The van der Waals surface area contributed by atoms with Gasteiger partial charge in [-0.05, 0) is 49.9 Å². The van der Waals surface area contributed by atoms with E-state index in [9.17, 15) is 28.3 Å². The molecule has 0 spiro atoms. The molecule has 4 N–H and O–H groups in total. The van der Waals surface area contributed by atoms with Crippen molar-refractivity contribution in [2.24, 2.45) is 5.92 Å². The number of carbonyl (C=O) groups excluding carboxylic acids is 1. The molecule has 1 aliphatic carbocycles. The Bertz CT molecular complexity index is 1480. The van der Waals surface area contributed by atoms with Crippen LogP contribution in [0.5, 0.6) is 5.75 Å². The van der Waals surface area contributed by atoms with Crippen LogP contribution in [0.2, 0.25) is 0 Å². The zero-order valence-corrected chi connectivity index (χ0v) is 22.0. The summed E-state index contributed by atoms with van der Waals surface area (Å²) >= 11 is 0. The smallest absolute Gasteiger partial charge is 0.320 e. The Kier molecular flexibility index (Phi) is 9.43. The molecule has 2 aromatic carbocycles. The van der Waals surface area contributed by atoms with Crippen molar-refractivity contribution in [3.8, 4) is 11.4 Å². The minimum Gasteiger partial charge on any atom is -0.493 e. The van der Waals surface area contributed by atoms with Crippen molar-refractivity contribution in [3.05, 3.63) is 87.2 Å². The maximum Gasteiger partial charge on any atom is 0.320 e. The Morgan fingerprint density at radius 1 is 0.976 bits per heavy atom. The normalized spacial score (nSPS) is 14.5. The van der Waals surface area contributed by atoms with Gasteiger partial charge in [-0.2, -0.15) is 0 Å². The molecule has 0 radical (unpaired) electrons. The van der Waals surface area contributed by atoms with E-state index in [1.807, 2.05) is 0 Å². The highest BCUT2D eigenvalue weighted by Gasteiger charge is 2.28. The number of rotatable bonds is 11. The average Bonchev–Trinajstić information content (AvgIpc) is 2.92. The van der Waals surface area contributed by atoms with Gasteiger partial charge in [-0.1, -0.05) is 19.3 Å². The number of aromatic nitrogens is 1. The van der Waals surface area contributed by atoms with Crippen molar-refractivity contribution in [3.63, 3.8) is 0 Å². The van der Waals surface area contributed by atoms with E-state index in [0.29, 0.717) is 23.6 Å². The van der Waals surface area contributed by atoms with Gasteiger partial charge < -0.3 is 20.9 Å². The van der Waals surface area contributed by atoms with Crippen LogP contribution in [0.4, 0.5) is 23.4 Å². The van der Waals surface area contributed by atoms with E-state index in [0.717, 1.165) is 68.5 Å². The topological polar surface area (TPSA) is 124 Å². The number of nitrogens with two attached hydrogens (primary N) is 1. The lowest BCUT2D eigenvalue weighted by molar-refractivity contribution is -0.141. The number of ketones is 1. The fourth-order valence-electron chi connectivity index (χ4n) is 5.08. The second-order valence-electron chi connectivity index (χ2n) is 9.86. The van der Waals surface area contributed by atoms with Crippen molar-refractivity contribution in [1.82, 2.24) is 9.88 Å². The van der Waals surface area contributed by atoms with Crippen LogP contribution in [0.25, 0.3) is 5.69 Å². The number of carbonyl (C=O) groups is 2. The van der Waals surface area contributed by atoms with Crippen LogP contribution >= 0.6 is 0 Å². The van der Waals surface area contributed by atoms with Crippen LogP contribution < -0.4 is 21.3 Å². The minimum atomic E-state index is -1.22. The molecule has 0 unspecified atom stereocenters. The van der Waals surface area contributed by atoms with Gasteiger partial charge in [0.2, 0.25) is 0 Å². The Morgan fingerprint density at radius 3 is 2.27 bits per heavy atom. The lowest BCUT2D eigenvalue weighted by Gasteiger charge is -2.28. The average molecular weight is 576 g/mol. The Morgan fingerprint density at radius 2 is 1.63 bits per heavy atom. The summed E-state index contributed by atoms with van der Waals surface area (Å²) in [6.45, 7) is 0.343. The van der Waals surface area contributed by atoms with Crippen LogP contribution in [0.15, 0.2) is 47.3 Å². The van der Waals surface area contributed by atoms with E-state index >= 15 is 8.78 Å². The number of pyridine rings is 1. The number of hydrogen-bond donors (Lipinski definition) is 3. The molecule has 1 fully saturated rings. The summed E-state index contributed by atoms with van der Waals surface area (Å²) in [5.41, 5.74) is 3.16. The molecular formula is C29H29F4N3O5. The zero-order chi connectivity index (χ0) is 29.7. The van der Waals surface area contributed by atoms with Gasteiger partial charge in [0.15, 0.2) is 17.4 Å². The van der Waals surface area contributed by atoms with E-state index in [1.54, 1.807) is 0 Å². The van der Waals surface area contributed by atoms with Crippen LogP contribution in [-0.4, -0.2) is 40.6 Å². The fourth-order valence-corrected chi connectivity index (χ4v) is 5.08. The predicted molar refractivity (Wildman–Crippen MR) is 142 cm³/mol. The highest BCUT2D eigenvalue weighted by Crippen LogP contribution is 2.28. The molecule has 218 valence electrons. The second-order valence-corrected chi connectivity index (χ2v) is 9.86. The van der Waals surface area contributed by atoms with Crippen LogP contribution in [0.3, 0.4) is 0 Å². The van der Waals surface area contributed by atoms with Gasteiger partial charge in [0.25, 0.3) is 5.56 Å². The van der Waals surface area contributed by atoms with Gasteiger partial charge in [0.05, 0.1) is 17.7 Å². The Hall–Kier alpha value is -4.19. The second kappa shape index (κ2) is 13.0. The maximum atomic E-state index is 15.1. The first kappa shape index (κ1) is 29.8. The summed E-state index contributed by atoms with van der Waals surface area (Å²) in [6.07, 6.45) is 5.15. The number of benzene rings is 2. The van der Waals surface area contributed by atoms with Crippen molar-refractivity contribution < 1.29 is 37.0 Å². The molecule has 1 aromatic heterocycles. The number of nitrogen functional groups attached to an aromatic ring is 1. The summed E-state index contributed by atoms with van der Waals surface area (Å²) in [6, 6.07) is 5.09. The van der Waals surface area contributed by atoms with E-state index in [2.05, 4.69) is 5.32 Å². The summed E-state index contributed by atoms with van der Waals surface area (Å²) < 4.78 is 63.5. The fraction of sp³-hybridized carbons (Fsp3) is 0.345. The predicted octanol–water partition coefficient (Wildman–Crippen LogP) is 4.60. The van der Waals surface area contributed by atoms with Crippen molar-refractivity contribution in [1.29, 1.82) is 0 Å². The van der Waals surface area contributed by atoms with Gasteiger partial charge >= 0.3 is 5.97 Å². The molecule has 1 atom stereocenters. The van der Waals surface area contributed by atoms with Crippen LogP contribution in [0.1, 0.15) is 54.4 Å². The number of carboxylic acids is 1. The standard InChI is InChI=1S/C29H29F4N3O5/c30-17-7-8-19(21(31)13-17)27(38)20-9-10-24(37)36(28(20)34)26-22(32)14-18(15-23(26)33)41-12-4-11-35-25(29(39)40)16-5-2-1-3-6-16/h7-10,13-16,25,35H,1-6,11-12,34H2,(H,39,40)/t25-/m0/s1. The third-order valence-electron chi connectivity index (χ3n) is 7.11. The van der Waals surface area contributed by atoms with Crippen LogP contribution in [-0.2, 0) is 4.79 Å². The van der Waals surface area contributed by atoms with Crippen molar-refractivity contribution in [2.75, 3.05) is 18.9 Å². The highest BCUT2D eigenvalue weighted by atomic mass is 19.1. The maximum absolute atomic E-state index is 15.1. The number of carboxylic acid groups (broad SMARTS) is 1. The molecule has 8 nitrogen and oxygen atoms in total. The summed E-state index contributed by atoms with van der Waals surface area (Å²) in [5.74, 6) is -7.22. The number of nitrogens with one attached hydrogen (secondary N) is 1. The quantitative estimate of drug-likeness (QED) is 0.174. The van der Waals surface area contributed by atoms with Gasteiger partial charge in [-0.3, -0.25) is 19.0 Å². The lowest BCUT2D eigenvalue weighted by Crippen LogP contribution is -2.44. The Balaban J connectivity index is 1.47. The number of nitrogens with zero attached hydrogens (tertiary/aromatic N) is 1. The third kappa shape index (κ3) is 6.76. The molecule has 12 heteroatoms. The molecule has 0 bridgehead atoms. The molecule has 1 heterocycles. The largest absolute Gasteiger partial charge is 0.493 e. The lowest BCUT2D eigenvalue weighted by atomic mass is 9.84. The first-order chi connectivity index (χ1) is 19.6. The Labute approximate surface area is 232 Å². The summed E-state index contributed by atoms with van der Waals surface area (Å²) in [5, 5.41) is 12.6. The molecule has 0 amide bonds. The first-order valence-electron chi connectivity index (χ1n) is 13.2.